The first kappa shape index (κ1) is 13.2. The lowest BCUT2D eigenvalue weighted by molar-refractivity contribution is -0.144. The van der Waals surface area contributed by atoms with Crippen molar-refractivity contribution in [2.24, 2.45) is 5.92 Å². The summed E-state index contributed by atoms with van der Waals surface area (Å²) in [7, 11) is 0. The van der Waals surface area contributed by atoms with Gasteiger partial charge in [-0.25, -0.2) is 0 Å². The lowest BCUT2D eigenvalue weighted by Gasteiger charge is -2.11. The molecule has 0 fully saturated rings. The summed E-state index contributed by atoms with van der Waals surface area (Å²) in [5.41, 5.74) is 0. The standard InChI is InChI=1S/C9H14F3N3S/c1-3-6(4-2)5-13-8-14-7(15-16-8)9(10,11)12/h6H,3-5H2,1-2H3,(H,13,14,15). The van der Waals surface area contributed by atoms with Crippen LogP contribution in [0.25, 0.3) is 0 Å². The summed E-state index contributed by atoms with van der Waals surface area (Å²) >= 11 is 0.747. The summed E-state index contributed by atoms with van der Waals surface area (Å²) in [6, 6.07) is 0. The van der Waals surface area contributed by atoms with Crippen LogP contribution in [0.2, 0.25) is 0 Å². The highest BCUT2D eigenvalue weighted by molar-refractivity contribution is 7.09. The monoisotopic (exact) mass is 253 g/mol. The predicted molar refractivity (Wildman–Crippen MR) is 57.5 cm³/mol. The van der Waals surface area contributed by atoms with Gasteiger partial charge in [0.15, 0.2) is 0 Å². The highest BCUT2D eigenvalue weighted by Gasteiger charge is 2.36. The Balaban J connectivity index is 2.53. The fourth-order valence-corrected chi connectivity index (χ4v) is 1.81. The third kappa shape index (κ3) is 3.62. The molecule has 0 spiro atoms. The molecule has 0 atom stereocenters. The maximum Gasteiger partial charge on any atom is 0.452 e. The number of aromatic nitrogens is 2. The Kier molecular flexibility index (Phi) is 4.52. The highest BCUT2D eigenvalue weighted by Crippen LogP contribution is 2.29. The first-order valence-corrected chi connectivity index (χ1v) is 5.89. The second-order valence-electron chi connectivity index (χ2n) is 3.48. The van der Waals surface area contributed by atoms with Gasteiger partial charge in [-0.05, 0) is 5.92 Å². The number of nitrogens with one attached hydrogen (secondary N) is 1. The van der Waals surface area contributed by atoms with E-state index in [4.69, 9.17) is 0 Å². The Labute approximate surface area is 96.3 Å². The Hall–Kier alpha value is -0.850. The molecule has 0 saturated heterocycles. The second-order valence-corrected chi connectivity index (χ2v) is 4.24. The van der Waals surface area contributed by atoms with Crippen LogP contribution in [0, 0.1) is 5.92 Å². The molecule has 1 heterocycles. The van der Waals surface area contributed by atoms with E-state index in [0.717, 1.165) is 24.4 Å². The molecule has 1 aromatic rings. The molecule has 3 nitrogen and oxygen atoms in total. The summed E-state index contributed by atoms with van der Waals surface area (Å²) in [5.74, 6) is -0.609. The third-order valence-electron chi connectivity index (χ3n) is 2.38. The molecular weight excluding hydrogens is 239 g/mol. The van der Waals surface area contributed by atoms with Gasteiger partial charge >= 0.3 is 6.18 Å². The molecule has 1 N–H and O–H groups in total. The van der Waals surface area contributed by atoms with Crippen molar-refractivity contribution in [1.82, 2.24) is 9.36 Å². The summed E-state index contributed by atoms with van der Waals surface area (Å²) in [5, 5.41) is 3.12. The number of halogens is 3. The molecule has 0 aliphatic rings. The SMILES string of the molecule is CCC(CC)CNc1nc(C(F)(F)F)ns1. The van der Waals surface area contributed by atoms with Gasteiger partial charge in [-0.1, -0.05) is 26.7 Å². The first-order valence-electron chi connectivity index (χ1n) is 5.12. The van der Waals surface area contributed by atoms with Crippen LogP contribution in [0.5, 0.6) is 0 Å². The molecule has 0 aliphatic carbocycles. The summed E-state index contributed by atoms with van der Waals surface area (Å²) in [4.78, 5) is 3.39. The van der Waals surface area contributed by atoms with Gasteiger partial charge in [-0.3, -0.25) is 0 Å². The van der Waals surface area contributed by atoms with Crippen molar-refractivity contribution in [3.8, 4) is 0 Å². The molecule has 0 radical (unpaired) electrons. The fourth-order valence-electron chi connectivity index (χ4n) is 1.22. The van der Waals surface area contributed by atoms with Crippen molar-refractivity contribution >= 4 is 16.7 Å². The van der Waals surface area contributed by atoms with E-state index in [2.05, 4.69) is 28.5 Å². The van der Waals surface area contributed by atoms with E-state index in [0.29, 0.717) is 12.5 Å². The van der Waals surface area contributed by atoms with Crippen LogP contribution in [0.4, 0.5) is 18.3 Å². The zero-order valence-electron chi connectivity index (χ0n) is 9.14. The highest BCUT2D eigenvalue weighted by atomic mass is 32.1. The lowest BCUT2D eigenvalue weighted by Crippen LogP contribution is -2.13. The van der Waals surface area contributed by atoms with Crippen LogP contribution in [-0.4, -0.2) is 15.9 Å². The van der Waals surface area contributed by atoms with Crippen LogP contribution in [0.1, 0.15) is 32.5 Å². The Morgan fingerprint density at radius 2 is 1.94 bits per heavy atom. The topological polar surface area (TPSA) is 37.8 Å². The number of nitrogens with zero attached hydrogens (tertiary/aromatic N) is 2. The van der Waals surface area contributed by atoms with Crippen molar-refractivity contribution in [2.75, 3.05) is 11.9 Å². The molecule has 16 heavy (non-hydrogen) atoms. The van der Waals surface area contributed by atoms with Crippen LogP contribution < -0.4 is 5.32 Å². The number of hydrogen-bond donors (Lipinski definition) is 1. The van der Waals surface area contributed by atoms with Gasteiger partial charge in [0.2, 0.25) is 11.0 Å². The van der Waals surface area contributed by atoms with E-state index >= 15 is 0 Å². The maximum absolute atomic E-state index is 12.2. The molecule has 0 aromatic carbocycles. The number of anilines is 1. The summed E-state index contributed by atoms with van der Waals surface area (Å²) in [6.07, 6.45) is -2.46. The molecule has 0 saturated carbocycles. The van der Waals surface area contributed by atoms with Crippen LogP contribution in [-0.2, 0) is 6.18 Å². The van der Waals surface area contributed by atoms with Crippen molar-refractivity contribution in [2.45, 2.75) is 32.9 Å². The third-order valence-corrected chi connectivity index (χ3v) is 3.05. The average molecular weight is 253 g/mol. The van der Waals surface area contributed by atoms with E-state index in [1.54, 1.807) is 0 Å². The fraction of sp³-hybridized carbons (Fsp3) is 0.778. The van der Waals surface area contributed by atoms with E-state index in [-0.39, 0.29) is 5.13 Å². The van der Waals surface area contributed by atoms with Crippen LogP contribution in [0.3, 0.4) is 0 Å². The molecule has 1 rings (SSSR count). The molecule has 92 valence electrons. The predicted octanol–water partition coefficient (Wildman–Crippen LogP) is 3.41. The number of rotatable bonds is 5. The Bertz CT molecular complexity index is 320. The minimum atomic E-state index is -4.45. The van der Waals surface area contributed by atoms with Crippen LogP contribution in [0.15, 0.2) is 0 Å². The molecule has 0 unspecified atom stereocenters. The Morgan fingerprint density at radius 3 is 2.38 bits per heavy atom. The maximum atomic E-state index is 12.2. The van der Waals surface area contributed by atoms with Gasteiger partial charge in [0.1, 0.15) is 0 Å². The quantitative estimate of drug-likeness (QED) is 0.873. The van der Waals surface area contributed by atoms with Crippen molar-refractivity contribution in [3.63, 3.8) is 0 Å². The van der Waals surface area contributed by atoms with E-state index in [1.807, 2.05) is 0 Å². The smallest absolute Gasteiger partial charge is 0.360 e. The summed E-state index contributed by atoms with van der Waals surface area (Å²) in [6.45, 7) is 4.74. The van der Waals surface area contributed by atoms with Gasteiger partial charge in [0, 0.05) is 18.1 Å². The van der Waals surface area contributed by atoms with Gasteiger partial charge in [-0.15, -0.1) is 0 Å². The largest absolute Gasteiger partial charge is 0.452 e. The zero-order chi connectivity index (χ0) is 12.2. The van der Waals surface area contributed by atoms with Crippen LogP contribution >= 0.6 is 11.5 Å². The second kappa shape index (κ2) is 5.47. The minimum Gasteiger partial charge on any atom is -0.360 e. The molecular formula is C9H14F3N3S. The van der Waals surface area contributed by atoms with Gasteiger partial charge in [0.05, 0.1) is 0 Å². The molecule has 0 aliphatic heterocycles. The molecule has 0 amide bonds. The van der Waals surface area contributed by atoms with Crippen molar-refractivity contribution in [1.29, 1.82) is 0 Å². The lowest BCUT2D eigenvalue weighted by atomic mass is 10.0. The minimum absolute atomic E-state index is 0.235. The van der Waals surface area contributed by atoms with Gasteiger partial charge in [-0.2, -0.15) is 22.5 Å². The first-order chi connectivity index (χ1) is 7.47. The Morgan fingerprint density at radius 1 is 1.31 bits per heavy atom. The van der Waals surface area contributed by atoms with Crippen molar-refractivity contribution in [3.05, 3.63) is 5.82 Å². The van der Waals surface area contributed by atoms with Crippen molar-refractivity contribution < 1.29 is 13.2 Å². The van der Waals surface area contributed by atoms with Gasteiger partial charge < -0.3 is 5.32 Å². The van der Waals surface area contributed by atoms with Gasteiger partial charge in [0.25, 0.3) is 0 Å². The van der Waals surface area contributed by atoms with E-state index < -0.39 is 12.0 Å². The normalized spacial score (nSPS) is 12.1. The zero-order valence-corrected chi connectivity index (χ0v) is 9.95. The summed E-state index contributed by atoms with van der Waals surface area (Å²) < 4.78 is 39.8. The molecule has 0 bridgehead atoms. The molecule has 7 heteroatoms. The van der Waals surface area contributed by atoms with E-state index in [1.165, 1.54) is 0 Å². The van der Waals surface area contributed by atoms with E-state index in [9.17, 15) is 13.2 Å². The molecule has 1 aromatic heterocycles. The number of alkyl halides is 3. The average Bonchev–Trinajstić information content (AvgIpc) is 2.67. The number of hydrogen-bond acceptors (Lipinski definition) is 4.